The van der Waals surface area contributed by atoms with Gasteiger partial charge in [-0.25, -0.2) is 14.8 Å². The molecule has 1 saturated carbocycles. The van der Waals surface area contributed by atoms with E-state index in [9.17, 15) is 33.6 Å². The smallest absolute Gasteiger partial charge is 0.319 e. The third-order valence-electron chi connectivity index (χ3n) is 18.1. The van der Waals surface area contributed by atoms with E-state index in [0.717, 1.165) is 100 Å². The molecule has 488 valence electrons. The zero-order valence-corrected chi connectivity index (χ0v) is 53.0. The van der Waals surface area contributed by atoms with E-state index in [1.807, 2.05) is 41.0 Å². The number of rotatable bonds is 30. The Morgan fingerprint density at radius 2 is 1.43 bits per heavy atom. The first-order valence-corrected chi connectivity index (χ1v) is 32.4. The van der Waals surface area contributed by atoms with E-state index in [1.165, 1.54) is 5.56 Å². The first-order valence-electron chi connectivity index (χ1n) is 32.4. The van der Waals surface area contributed by atoms with Gasteiger partial charge in [-0.2, -0.15) is 0 Å². The molecule has 2 aliphatic carbocycles. The fourth-order valence-electron chi connectivity index (χ4n) is 13.0. The van der Waals surface area contributed by atoms with Crippen LogP contribution in [0.15, 0.2) is 54.7 Å². The number of urea groups is 1. The highest BCUT2D eigenvalue weighted by Gasteiger charge is 2.45. The number of nitrogens with two attached hydrogens (primary N) is 1. The van der Waals surface area contributed by atoms with E-state index in [4.69, 9.17) is 29.7 Å². The van der Waals surface area contributed by atoms with Crippen LogP contribution in [0.1, 0.15) is 143 Å². The maximum atomic E-state index is 14.7. The van der Waals surface area contributed by atoms with Crippen LogP contribution in [0.4, 0.5) is 22.1 Å². The van der Waals surface area contributed by atoms with Gasteiger partial charge < -0.3 is 75.8 Å². The molecule has 2 aromatic carbocycles. The average molecular weight is 1240 g/mol. The van der Waals surface area contributed by atoms with Crippen molar-refractivity contribution >= 4 is 58.8 Å². The second kappa shape index (κ2) is 34.3. The highest BCUT2D eigenvalue weighted by Crippen LogP contribution is 2.34. The van der Waals surface area contributed by atoms with Crippen molar-refractivity contribution in [3.8, 4) is 0 Å². The van der Waals surface area contributed by atoms with Gasteiger partial charge in [-0.3, -0.25) is 28.8 Å². The lowest BCUT2D eigenvalue weighted by molar-refractivity contribution is -0.143. The van der Waals surface area contributed by atoms with Crippen molar-refractivity contribution < 1.29 is 52.5 Å². The van der Waals surface area contributed by atoms with E-state index >= 15 is 0 Å². The Labute approximate surface area is 524 Å². The minimum Gasteiger partial charge on any atom is -0.379 e. The Morgan fingerprint density at radius 1 is 0.753 bits per heavy atom. The largest absolute Gasteiger partial charge is 0.379 e. The molecule has 1 aromatic heterocycles. The summed E-state index contributed by atoms with van der Waals surface area (Å²) in [6.45, 7) is 9.59. The van der Waals surface area contributed by atoms with E-state index in [-0.39, 0.29) is 110 Å². The van der Waals surface area contributed by atoms with Crippen LogP contribution in [-0.2, 0) is 49.3 Å². The Balaban J connectivity index is 0.676. The molecule has 5 aliphatic rings. The Morgan fingerprint density at radius 3 is 2.09 bits per heavy atom. The predicted octanol–water partition coefficient (Wildman–Crippen LogP) is 4.80. The number of aromatic nitrogens is 2. The molecule has 0 radical (unpaired) electrons. The standard InChI is InChI=1S/C65H97N13O11/c1-6-77(65(85)74(4)5)51-18-13-29-76(43-51)55-41-68-59(60(66)81)61(72-55)70-49-23-21-45(22-24-49)46-25-30-75(31-26-46)57(80)28-33-87-35-37-89-39-38-88-36-34-86-32-27-56(79)69-50-40-54(63(83)71-53-20-12-17-47-14-10-11-19-52(47)53)78(42-50)64(84)58(48-15-8-7-9-16-48)73-62(82)44(2)67-3/h10-11,14,19,21-24,41,44,46,48,50-51,53-54,58,67H,6-9,12-13,15-18,20,25-40,42-43H2,1-5H3,(H2,66,81)(H,69,79)(H,70,72)(H,71,83)(H,73,82)/t44-,50-,51+,53?,54-,58-/m0/s1. The van der Waals surface area contributed by atoms with E-state index < -0.39 is 30.1 Å². The number of hydrogen-bond donors (Lipinski definition) is 6. The summed E-state index contributed by atoms with van der Waals surface area (Å²) < 4.78 is 22.7. The molecule has 6 atom stereocenters. The molecule has 8 rings (SSSR count). The lowest BCUT2D eigenvalue weighted by Gasteiger charge is -2.40. The van der Waals surface area contributed by atoms with Crippen LogP contribution in [0.25, 0.3) is 0 Å². The lowest BCUT2D eigenvalue weighted by atomic mass is 9.83. The fourth-order valence-corrected chi connectivity index (χ4v) is 13.0. The Kier molecular flexibility index (Phi) is 26.2. The van der Waals surface area contributed by atoms with Crippen LogP contribution < -0.4 is 37.2 Å². The molecule has 0 spiro atoms. The van der Waals surface area contributed by atoms with Gasteiger partial charge in [-0.1, -0.05) is 55.7 Å². The fraction of sp³-hybridized carbons (Fsp3) is 0.646. The van der Waals surface area contributed by atoms with Gasteiger partial charge in [0.05, 0.1) is 83.6 Å². The van der Waals surface area contributed by atoms with Gasteiger partial charge in [0.25, 0.3) is 5.91 Å². The summed E-state index contributed by atoms with van der Waals surface area (Å²) in [6, 6.07) is 13.4. The number of fused-ring (bicyclic) bond motifs is 1. The van der Waals surface area contributed by atoms with Crippen LogP contribution in [-0.4, -0.2) is 215 Å². The number of nitrogens with zero attached hydrogens (tertiary/aromatic N) is 7. The number of anilines is 3. The number of piperidine rings is 2. The van der Waals surface area contributed by atoms with Gasteiger partial charge in [-0.15, -0.1) is 0 Å². The summed E-state index contributed by atoms with van der Waals surface area (Å²) in [4.78, 5) is 112. The molecule has 3 aromatic rings. The minimum atomic E-state index is -0.822. The minimum absolute atomic E-state index is 0.0138. The SMILES string of the molecule is CCN(C(=O)N(C)C)[C@@H]1CCCN(c2cnc(C(N)=O)c(Nc3ccc(C4CCN(C(=O)CCOCCOCCOCCOCCC(=O)N[C@H]5C[C@@H](C(=O)NC6CCCc7ccccc76)N(C(=O)[C@@H](NC(=O)[C@H](C)NC)C6CCCCC6)C5)CC4)cc3)n2)C1. The van der Waals surface area contributed by atoms with Gasteiger partial charge in [0.1, 0.15) is 17.9 Å². The first kappa shape index (κ1) is 67.9. The highest BCUT2D eigenvalue weighted by molar-refractivity contribution is 5.96. The van der Waals surface area contributed by atoms with Gasteiger partial charge in [-0.05, 0) is 126 Å². The molecule has 89 heavy (non-hydrogen) atoms. The van der Waals surface area contributed by atoms with Crippen molar-refractivity contribution in [2.24, 2.45) is 11.7 Å². The van der Waals surface area contributed by atoms with Crippen molar-refractivity contribution in [3.05, 3.63) is 77.1 Å². The number of carbonyl (C=O) groups is 7. The van der Waals surface area contributed by atoms with Gasteiger partial charge >= 0.3 is 6.03 Å². The van der Waals surface area contributed by atoms with Crippen molar-refractivity contribution in [2.45, 2.75) is 152 Å². The number of carbonyl (C=O) groups excluding carboxylic acids is 7. The number of amides is 8. The number of likely N-dealkylation sites (N-methyl/N-ethyl adjacent to an activating group) is 2. The summed E-state index contributed by atoms with van der Waals surface area (Å²) in [7, 11) is 5.22. The molecule has 3 saturated heterocycles. The van der Waals surface area contributed by atoms with Crippen molar-refractivity contribution in [1.29, 1.82) is 0 Å². The topological polar surface area (TPSA) is 285 Å². The molecule has 1 unspecified atom stereocenters. The molecule has 24 nitrogen and oxygen atoms in total. The molecule has 4 heterocycles. The van der Waals surface area contributed by atoms with Crippen LogP contribution in [0, 0.1) is 5.92 Å². The summed E-state index contributed by atoms with van der Waals surface area (Å²) in [5, 5.41) is 15.6. The van der Waals surface area contributed by atoms with Crippen LogP contribution in [0.2, 0.25) is 0 Å². The number of benzene rings is 2. The van der Waals surface area contributed by atoms with Gasteiger partial charge in [0.15, 0.2) is 11.5 Å². The molecule has 7 N–H and O–H groups in total. The van der Waals surface area contributed by atoms with Crippen molar-refractivity contribution in [3.63, 3.8) is 0 Å². The molecular weight excluding hydrogens is 1140 g/mol. The number of primary amides is 1. The number of nitrogens with one attached hydrogen (secondary N) is 5. The molecule has 3 aliphatic heterocycles. The summed E-state index contributed by atoms with van der Waals surface area (Å²) >= 11 is 0. The molecular formula is C65H97N13O11. The third-order valence-corrected chi connectivity index (χ3v) is 18.1. The van der Waals surface area contributed by atoms with Crippen molar-refractivity contribution in [2.75, 3.05) is 123 Å². The summed E-state index contributed by atoms with van der Waals surface area (Å²) in [5.41, 5.74) is 9.96. The zero-order valence-electron chi connectivity index (χ0n) is 53.0. The molecule has 4 fully saturated rings. The maximum absolute atomic E-state index is 14.7. The molecule has 0 bridgehead atoms. The third kappa shape index (κ3) is 19.3. The van der Waals surface area contributed by atoms with E-state index in [0.29, 0.717) is 71.6 Å². The quantitative estimate of drug-likeness (QED) is 0.0489. The number of hydrogen-bond acceptors (Lipinski definition) is 16. The van der Waals surface area contributed by atoms with Crippen molar-refractivity contribution in [1.82, 2.24) is 50.8 Å². The van der Waals surface area contributed by atoms with Gasteiger partial charge in [0, 0.05) is 71.5 Å². The Bertz CT molecular complexity index is 2810. The monoisotopic (exact) mass is 1240 g/mol. The molecule has 8 amide bonds. The van der Waals surface area contributed by atoms with E-state index in [2.05, 4.69) is 60.7 Å². The normalized spacial score (nSPS) is 20.4. The Hall–Kier alpha value is -6.99. The number of ether oxygens (including phenoxy) is 4. The van der Waals surface area contributed by atoms with Crippen LogP contribution >= 0.6 is 0 Å². The molecule has 24 heteroatoms. The predicted molar refractivity (Wildman–Crippen MR) is 337 cm³/mol. The second-order valence-corrected chi connectivity index (χ2v) is 24.4. The second-order valence-electron chi connectivity index (χ2n) is 24.4. The van der Waals surface area contributed by atoms with E-state index in [1.54, 1.807) is 44.1 Å². The maximum Gasteiger partial charge on any atom is 0.319 e. The zero-order chi connectivity index (χ0) is 63.2. The van der Waals surface area contributed by atoms with Crippen LogP contribution in [0.3, 0.4) is 0 Å². The van der Waals surface area contributed by atoms with Gasteiger partial charge in [0.2, 0.25) is 29.5 Å². The lowest BCUT2D eigenvalue weighted by Crippen LogP contribution is -2.58. The van der Waals surface area contributed by atoms with Crippen LogP contribution in [0.5, 0.6) is 0 Å². The number of likely N-dealkylation sites (tertiary alicyclic amines) is 2. The summed E-state index contributed by atoms with van der Waals surface area (Å²) in [6.07, 6.45) is 12.9. The summed E-state index contributed by atoms with van der Waals surface area (Å²) in [5.74, 6) is -0.588. The highest BCUT2D eigenvalue weighted by atomic mass is 16.6. The first-order chi connectivity index (χ1) is 43.1. The average Bonchev–Trinajstić information content (AvgIpc) is 1.99. The number of aryl methyl sites for hydroxylation is 1.